The summed E-state index contributed by atoms with van der Waals surface area (Å²) in [5.74, 6) is 0.584. The molecule has 4 aliphatic carbocycles. The Bertz CT molecular complexity index is 826. The van der Waals surface area contributed by atoms with Crippen molar-refractivity contribution in [3.63, 3.8) is 0 Å². The molecule has 0 bridgehead atoms. The molecule has 5 heteroatoms. The van der Waals surface area contributed by atoms with Crippen molar-refractivity contribution in [1.29, 1.82) is 0 Å². The van der Waals surface area contributed by atoms with Gasteiger partial charge in [-0.25, -0.2) is 0 Å². The molecule has 0 spiro atoms. The molecule has 0 N–H and O–H groups in total. The molecule has 28 heavy (non-hydrogen) atoms. The normalized spacial score (nSPS) is 44.6. The Hall–Kier alpha value is -1.42. The van der Waals surface area contributed by atoms with Crippen LogP contribution in [0.5, 0.6) is 0 Å². The van der Waals surface area contributed by atoms with Crippen LogP contribution < -0.4 is 0 Å². The number of carbonyl (C=O) groups is 3. The number of carbonyl (C=O) groups excluding carboxylic acids is 3. The molecule has 0 heterocycles. The Balaban J connectivity index is 1.79. The average Bonchev–Trinajstić information content (AvgIpc) is 2.90. The van der Waals surface area contributed by atoms with Gasteiger partial charge >= 0.3 is 5.97 Å². The van der Waals surface area contributed by atoms with Gasteiger partial charge in [0.05, 0.1) is 0 Å². The molecule has 0 aromatic rings. The molecule has 0 saturated heterocycles. The van der Waals surface area contributed by atoms with Crippen LogP contribution in [0.4, 0.5) is 0 Å². The second-order valence-corrected chi connectivity index (χ2v) is 10.1. The van der Waals surface area contributed by atoms with Crippen molar-refractivity contribution < 1.29 is 19.1 Å². The Morgan fingerprint density at radius 3 is 2.43 bits per heavy atom. The van der Waals surface area contributed by atoms with E-state index in [1.165, 1.54) is 6.92 Å². The molecule has 152 valence electrons. The van der Waals surface area contributed by atoms with Gasteiger partial charge in [0.1, 0.15) is 0 Å². The van der Waals surface area contributed by atoms with Crippen molar-refractivity contribution in [2.24, 2.45) is 28.6 Å². The number of hydrogen-bond acceptors (Lipinski definition) is 4. The van der Waals surface area contributed by atoms with Gasteiger partial charge in [-0.3, -0.25) is 14.4 Å². The first kappa shape index (κ1) is 19.9. The lowest BCUT2D eigenvalue weighted by molar-refractivity contribution is -0.185. The molecule has 0 radical (unpaired) electrons. The zero-order chi connectivity index (χ0) is 20.5. The number of ketones is 2. The number of fused-ring (bicyclic) bond motifs is 5. The van der Waals surface area contributed by atoms with Gasteiger partial charge in [0.2, 0.25) is 0 Å². The molecule has 0 aromatic heterocycles. The molecule has 4 aliphatic rings. The van der Waals surface area contributed by atoms with Crippen molar-refractivity contribution in [2.75, 3.05) is 0 Å². The molecule has 0 aromatic carbocycles. The van der Waals surface area contributed by atoms with Crippen LogP contribution in [0.15, 0.2) is 22.8 Å². The Labute approximate surface area is 171 Å². The molecule has 4 rings (SSSR count). The predicted molar refractivity (Wildman–Crippen MR) is 107 cm³/mol. The van der Waals surface area contributed by atoms with Crippen LogP contribution in [-0.2, 0) is 19.1 Å². The molecule has 2 fully saturated rings. The van der Waals surface area contributed by atoms with Gasteiger partial charge in [-0.15, -0.1) is 0 Å². The van der Waals surface area contributed by atoms with Gasteiger partial charge < -0.3 is 4.74 Å². The second-order valence-electron chi connectivity index (χ2n) is 9.72. The van der Waals surface area contributed by atoms with Gasteiger partial charge in [0, 0.05) is 23.8 Å². The molecule has 4 nitrogen and oxygen atoms in total. The van der Waals surface area contributed by atoms with E-state index in [2.05, 4.69) is 19.9 Å². The van der Waals surface area contributed by atoms with Crippen LogP contribution in [0, 0.1) is 28.6 Å². The number of rotatable bonds is 2. The first-order valence-corrected chi connectivity index (χ1v) is 10.8. The summed E-state index contributed by atoms with van der Waals surface area (Å²) in [7, 11) is 0. The van der Waals surface area contributed by atoms with Crippen LogP contribution in [0.2, 0.25) is 0 Å². The second kappa shape index (κ2) is 6.29. The van der Waals surface area contributed by atoms with E-state index in [-0.39, 0.29) is 40.2 Å². The van der Waals surface area contributed by atoms with Crippen LogP contribution in [0.25, 0.3) is 0 Å². The maximum atomic E-state index is 12.7. The van der Waals surface area contributed by atoms with E-state index in [0.29, 0.717) is 23.8 Å². The van der Waals surface area contributed by atoms with Crippen LogP contribution in [-0.4, -0.2) is 23.1 Å². The molecule has 0 unspecified atom stereocenters. The molecular weight excluding hydrogens is 376 g/mol. The third kappa shape index (κ3) is 2.46. The first-order chi connectivity index (χ1) is 13.0. The fourth-order valence-corrected chi connectivity index (χ4v) is 7.55. The van der Waals surface area contributed by atoms with E-state index in [9.17, 15) is 14.4 Å². The predicted octanol–water partition coefficient (Wildman–Crippen LogP) is 4.75. The summed E-state index contributed by atoms with van der Waals surface area (Å²) in [6, 6.07) is 0. The highest BCUT2D eigenvalue weighted by Gasteiger charge is 2.67. The van der Waals surface area contributed by atoms with E-state index in [1.807, 2.05) is 0 Å². The lowest BCUT2D eigenvalue weighted by Gasteiger charge is -2.57. The molecule has 2 saturated carbocycles. The Morgan fingerprint density at radius 2 is 1.79 bits per heavy atom. The number of hydrogen-bond donors (Lipinski definition) is 0. The lowest BCUT2D eigenvalue weighted by atomic mass is 9.48. The standard InChI is InChI=1S/C23H29ClO4/c1-13(25)23(28-14(2)26)10-7-18-16-12-20(24)19-11-15(27)5-8-21(19,3)17(16)6-9-22(18,23)4/h11-12,16-18H,5-10H2,1-4H3/t16-,17-,18-,21-,22-,23+/m1/s1. The van der Waals surface area contributed by atoms with Gasteiger partial charge in [-0.05, 0) is 73.8 Å². The minimum absolute atomic E-state index is 0.0490. The highest BCUT2D eigenvalue weighted by molar-refractivity contribution is 6.32. The van der Waals surface area contributed by atoms with Gasteiger partial charge in [-0.2, -0.15) is 0 Å². The number of halogens is 1. The summed E-state index contributed by atoms with van der Waals surface area (Å²) >= 11 is 6.71. The SMILES string of the molecule is CC(=O)O[C@]1(C(C)=O)CC[C@@H]2[C@@H]3C=C(Cl)C4=CC(=O)CC[C@]4(C)[C@@H]3CC[C@]21C. The minimum Gasteiger partial charge on any atom is -0.451 e. The topological polar surface area (TPSA) is 60.4 Å². The summed E-state index contributed by atoms with van der Waals surface area (Å²) < 4.78 is 5.79. The van der Waals surface area contributed by atoms with E-state index in [4.69, 9.17) is 16.3 Å². The number of ether oxygens (including phenoxy) is 1. The smallest absolute Gasteiger partial charge is 0.303 e. The molecular formula is C23H29ClO4. The third-order valence-electron chi connectivity index (χ3n) is 8.56. The number of allylic oxidation sites excluding steroid dienone is 4. The van der Waals surface area contributed by atoms with Crippen molar-refractivity contribution >= 4 is 29.1 Å². The summed E-state index contributed by atoms with van der Waals surface area (Å²) in [6.45, 7) is 7.33. The maximum Gasteiger partial charge on any atom is 0.303 e. The monoisotopic (exact) mass is 404 g/mol. The van der Waals surface area contributed by atoms with Crippen LogP contribution in [0.3, 0.4) is 0 Å². The van der Waals surface area contributed by atoms with Crippen LogP contribution >= 0.6 is 11.6 Å². The summed E-state index contributed by atoms with van der Waals surface area (Å²) in [4.78, 5) is 36.6. The molecule has 0 aliphatic heterocycles. The molecule has 0 amide bonds. The fourth-order valence-electron chi connectivity index (χ4n) is 7.13. The molecule has 6 atom stereocenters. The quantitative estimate of drug-likeness (QED) is 0.623. The summed E-state index contributed by atoms with van der Waals surface area (Å²) in [5.41, 5.74) is -0.532. The zero-order valence-corrected chi connectivity index (χ0v) is 17.9. The fraction of sp³-hybridized carbons (Fsp3) is 0.696. The minimum atomic E-state index is -1.03. The lowest BCUT2D eigenvalue weighted by Crippen LogP contribution is -2.58. The average molecular weight is 405 g/mol. The highest BCUT2D eigenvalue weighted by atomic mass is 35.5. The van der Waals surface area contributed by atoms with Crippen molar-refractivity contribution in [3.05, 3.63) is 22.8 Å². The van der Waals surface area contributed by atoms with Gasteiger partial charge in [0.25, 0.3) is 0 Å². The summed E-state index contributed by atoms with van der Waals surface area (Å²) in [6.07, 6.45) is 8.48. The number of esters is 1. The van der Waals surface area contributed by atoms with E-state index in [1.54, 1.807) is 13.0 Å². The van der Waals surface area contributed by atoms with Gasteiger partial charge in [0.15, 0.2) is 17.2 Å². The zero-order valence-electron chi connectivity index (χ0n) is 17.1. The van der Waals surface area contributed by atoms with Crippen molar-refractivity contribution in [1.82, 2.24) is 0 Å². The summed E-state index contributed by atoms with van der Waals surface area (Å²) in [5, 5.41) is 0.689. The van der Waals surface area contributed by atoms with Crippen LogP contribution in [0.1, 0.15) is 66.2 Å². The Kier molecular flexibility index (Phi) is 4.46. The van der Waals surface area contributed by atoms with E-state index in [0.717, 1.165) is 31.3 Å². The maximum absolute atomic E-state index is 12.7. The number of Topliss-reactive ketones (excluding diaryl/α,β-unsaturated/α-hetero) is 1. The first-order valence-electron chi connectivity index (χ1n) is 10.4. The van der Waals surface area contributed by atoms with E-state index < -0.39 is 5.60 Å². The van der Waals surface area contributed by atoms with Gasteiger partial charge in [-0.1, -0.05) is 31.5 Å². The largest absolute Gasteiger partial charge is 0.451 e. The van der Waals surface area contributed by atoms with E-state index >= 15 is 0 Å². The third-order valence-corrected chi connectivity index (χ3v) is 8.89. The Morgan fingerprint density at radius 1 is 1.11 bits per heavy atom. The van der Waals surface area contributed by atoms with Crippen molar-refractivity contribution in [2.45, 2.75) is 71.8 Å². The van der Waals surface area contributed by atoms with Crippen molar-refractivity contribution in [3.8, 4) is 0 Å². The highest BCUT2D eigenvalue weighted by Crippen LogP contribution is 2.68.